The number of hydrogen-bond donors (Lipinski definition) is 0. The van der Waals surface area contributed by atoms with E-state index in [0.29, 0.717) is 11.8 Å². The van der Waals surface area contributed by atoms with E-state index in [1.165, 1.54) is 0 Å². The van der Waals surface area contributed by atoms with Gasteiger partial charge in [0, 0.05) is 38.4 Å². The summed E-state index contributed by atoms with van der Waals surface area (Å²) in [6, 6.07) is 51.9. The summed E-state index contributed by atoms with van der Waals surface area (Å²) >= 11 is 0. The SMILES string of the molecule is c1cc(-c2ccc3oc4ccccc4c3c2)cc(-n2c3ccc(-c4nc5ccccc5o4)cc3c3cc(-c4nc5ccccc5o4)ccc32)c1. The largest absolute Gasteiger partial charge is 0.456 e. The van der Waals surface area contributed by atoms with Crippen molar-refractivity contribution in [2.75, 3.05) is 0 Å². The quantitative estimate of drug-likeness (QED) is 0.191. The molecule has 7 aromatic carbocycles. The van der Waals surface area contributed by atoms with Crippen molar-refractivity contribution in [1.29, 1.82) is 0 Å². The predicted molar refractivity (Wildman–Crippen MR) is 200 cm³/mol. The van der Waals surface area contributed by atoms with Crippen LogP contribution in [0.5, 0.6) is 0 Å². The third kappa shape index (κ3) is 4.09. The molecule has 50 heavy (non-hydrogen) atoms. The summed E-state index contributed by atoms with van der Waals surface area (Å²) in [5.41, 5.74) is 12.3. The molecule has 4 heterocycles. The molecule has 0 radical (unpaired) electrons. The fraction of sp³-hybridized carbons (Fsp3) is 0. The van der Waals surface area contributed by atoms with Crippen LogP contribution in [0.4, 0.5) is 0 Å². The van der Waals surface area contributed by atoms with E-state index in [4.69, 9.17) is 23.2 Å². The number of fused-ring (bicyclic) bond motifs is 8. The van der Waals surface area contributed by atoms with Gasteiger partial charge in [0.2, 0.25) is 11.8 Å². The predicted octanol–water partition coefficient (Wildman–Crippen LogP) is 12.0. The van der Waals surface area contributed by atoms with E-state index in [-0.39, 0.29) is 0 Å². The Morgan fingerprint density at radius 1 is 0.360 bits per heavy atom. The van der Waals surface area contributed by atoms with E-state index in [1.807, 2.05) is 60.7 Å². The molecule has 11 rings (SSSR count). The maximum Gasteiger partial charge on any atom is 0.227 e. The standard InChI is InChI=1S/C44H25N3O3/c1-4-13-39-31(10-1)34-23-27(18-21-40(34)48-39)26-8-7-9-30(22-26)47-37-19-16-28(43-45-35-11-2-5-14-41(35)49-43)24-32(37)33-25-29(17-20-38(33)47)44-46-36-12-3-6-15-42(36)50-44/h1-25H. The lowest BCUT2D eigenvalue weighted by Crippen LogP contribution is -1.94. The number of nitrogens with zero attached hydrogens (tertiary/aromatic N) is 3. The number of furan rings is 1. The number of benzene rings is 7. The van der Waals surface area contributed by atoms with E-state index in [1.54, 1.807) is 0 Å². The minimum absolute atomic E-state index is 0.591. The summed E-state index contributed by atoms with van der Waals surface area (Å²) in [4.78, 5) is 9.60. The number of hydrogen-bond acceptors (Lipinski definition) is 5. The first kappa shape index (κ1) is 27.1. The van der Waals surface area contributed by atoms with Gasteiger partial charge in [-0.2, -0.15) is 0 Å². The Labute approximate surface area is 284 Å². The van der Waals surface area contributed by atoms with Gasteiger partial charge in [0.05, 0.1) is 11.0 Å². The number of para-hydroxylation sites is 5. The van der Waals surface area contributed by atoms with Crippen LogP contribution in [-0.4, -0.2) is 14.5 Å². The van der Waals surface area contributed by atoms with Crippen LogP contribution in [0.2, 0.25) is 0 Å². The molecule has 234 valence electrons. The average Bonchev–Trinajstić information content (AvgIpc) is 3.95. The first-order chi connectivity index (χ1) is 24.7. The highest BCUT2D eigenvalue weighted by molar-refractivity contribution is 6.12. The van der Waals surface area contributed by atoms with E-state index in [9.17, 15) is 0 Å². The summed E-state index contributed by atoms with van der Waals surface area (Å²) in [5, 5.41) is 4.38. The molecule has 0 bridgehead atoms. The van der Waals surface area contributed by atoms with Crippen LogP contribution in [0.1, 0.15) is 0 Å². The molecule has 0 aliphatic heterocycles. The molecule has 6 heteroatoms. The molecule has 11 aromatic rings. The van der Waals surface area contributed by atoms with Crippen LogP contribution < -0.4 is 0 Å². The first-order valence-electron chi connectivity index (χ1n) is 16.6. The molecule has 0 saturated carbocycles. The Hall–Kier alpha value is -6.92. The number of rotatable bonds is 4. The second-order valence-corrected chi connectivity index (χ2v) is 12.6. The van der Waals surface area contributed by atoms with Gasteiger partial charge in [0.15, 0.2) is 11.2 Å². The normalized spacial score (nSPS) is 12.0. The lowest BCUT2D eigenvalue weighted by Gasteiger charge is -2.11. The highest BCUT2D eigenvalue weighted by Crippen LogP contribution is 2.39. The zero-order valence-electron chi connectivity index (χ0n) is 26.5. The van der Waals surface area contributed by atoms with E-state index >= 15 is 0 Å². The smallest absolute Gasteiger partial charge is 0.227 e. The Morgan fingerprint density at radius 2 is 0.900 bits per heavy atom. The van der Waals surface area contributed by atoms with Gasteiger partial charge in [0.25, 0.3) is 0 Å². The molecule has 0 aliphatic carbocycles. The van der Waals surface area contributed by atoms with E-state index < -0.39 is 0 Å². The zero-order valence-corrected chi connectivity index (χ0v) is 26.5. The summed E-state index contributed by atoms with van der Waals surface area (Å²) in [5.74, 6) is 1.18. The highest BCUT2D eigenvalue weighted by Gasteiger charge is 2.18. The monoisotopic (exact) mass is 643 g/mol. The Morgan fingerprint density at radius 3 is 1.56 bits per heavy atom. The minimum atomic E-state index is 0.591. The van der Waals surface area contributed by atoms with Crippen molar-refractivity contribution in [3.8, 4) is 39.7 Å². The maximum atomic E-state index is 6.20. The van der Waals surface area contributed by atoms with Gasteiger partial charge in [0.1, 0.15) is 22.2 Å². The number of aromatic nitrogens is 3. The molecule has 0 spiro atoms. The second kappa shape index (κ2) is 10.3. The van der Waals surface area contributed by atoms with Crippen LogP contribution in [-0.2, 0) is 0 Å². The molecule has 6 nitrogen and oxygen atoms in total. The van der Waals surface area contributed by atoms with Crippen LogP contribution in [0.15, 0.2) is 165 Å². The maximum absolute atomic E-state index is 6.20. The van der Waals surface area contributed by atoms with Crippen LogP contribution in [0.25, 0.3) is 106 Å². The minimum Gasteiger partial charge on any atom is -0.456 e. The van der Waals surface area contributed by atoms with Crippen LogP contribution in [0.3, 0.4) is 0 Å². The Kier molecular flexibility index (Phi) is 5.57. The van der Waals surface area contributed by atoms with Crippen molar-refractivity contribution >= 4 is 65.9 Å². The average molecular weight is 644 g/mol. The molecule has 0 atom stereocenters. The fourth-order valence-electron chi connectivity index (χ4n) is 7.29. The Balaban J connectivity index is 1.11. The molecular weight excluding hydrogens is 619 g/mol. The van der Waals surface area contributed by atoms with Gasteiger partial charge in [-0.3, -0.25) is 0 Å². The van der Waals surface area contributed by atoms with Gasteiger partial charge in [-0.05, 0) is 102 Å². The van der Waals surface area contributed by atoms with Crippen molar-refractivity contribution in [3.05, 3.63) is 152 Å². The third-order valence-electron chi connectivity index (χ3n) is 9.66. The molecule has 0 amide bonds. The molecule has 0 N–H and O–H groups in total. The van der Waals surface area contributed by atoms with Crippen LogP contribution >= 0.6 is 0 Å². The molecule has 0 unspecified atom stereocenters. The lowest BCUT2D eigenvalue weighted by atomic mass is 10.0. The topological polar surface area (TPSA) is 70.1 Å². The summed E-state index contributed by atoms with van der Waals surface area (Å²) in [6.07, 6.45) is 0. The second-order valence-electron chi connectivity index (χ2n) is 12.6. The van der Waals surface area contributed by atoms with Gasteiger partial charge >= 0.3 is 0 Å². The van der Waals surface area contributed by atoms with Crippen molar-refractivity contribution in [3.63, 3.8) is 0 Å². The van der Waals surface area contributed by atoms with Gasteiger partial charge in [-0.1, -0.05) is 60.7 Å². The summed E-state index contributed by atoms with van der Waals surface area (Å²) < 4.78 is 20.8. The van der Waals surface area contributed by atoms with Crippen molar-refractivity contribution in [2.45, 2.75) is 0 Å². The number of oxazole rings is 2. The molecule has 0 fully saturated rings. The first-order valence-corrected chi connectivity index (χ1v) is 16.6. The fourth-order valence-corrected chi connectivity index (χ4v) is 7.29. The van der Waals surface area contributed by atoms with Crippen molar-refractivity contribution < 1.29 is 13.3 Å². The van der Waals surface area contributed by atoms with Gasteiger partial charge < -0.3 is 17.8 Å². The molecule has 4 aromatic heterocycles. The summed E-state index contributed by atoms with van der Waals surface area (Å²) in [7, 11) is 0. The van der Waals surface area contributed by atoms with E-state index in [0.717, 1.165) is 93.9 Å². The highest BCUT2D eigenvalue weighted by atomic mass is 16.4. The third-order valence-corrected chi connectivity index (χ3v) is 9.66. The van der Waals surface area contributed by atoms with E-state index in [2.05, 4.69) is 95.6 Å². The zero-order chi connectivity index (χ0) is 32.8. The van der Waals surface area contributed by atoms with Gasteiger partial charge in [-0.25, -0.2) is 9.97 Å². The molecular formula is C44H25N3O3. The molecule has 0 aliphatic rings. The van der Waals surface area contributed by atoms with Crippen molar-refractivity contribution in [2.24, 2.45) is 0 Å². The van der Waals surface area contributed by atoms with Gasteiger partial charge in [-0.15, -0.1) is 0 Å². The lowest BCUT2D eigenvalue weighted by molar-refractivity contribution is 0.619. The molecule has 0 saturated heterocycles. The van der Waals surface area contributed by atoms with Crippen molar-refractivity contribution in [1.82, 2.24) is 14.5 Å². The van der Waals surface area contributed by atoms with Crippen LogP contribution in [0, 0.1) is 0 Å². The Bertz CT molecular complexity index is 2920. The summed E-state index contributed by atoms with van der Waals surface area (Å²) in [6.45, 7) is 0.